The largest absolute Gasteiger partial charge is 0.346 e. The average molecular weight is 168 g/mol. The maximum absolute atomic E-state index is 10.4. The molecule has 0 heterocycles. The van der Waals surface area contributed by atoms with E-state index in [9.17, 15) is 4.79 Å². The number of thioether (sulfide) groups is 1. The van der Waals surface area contributed by atoms with E-state index in [1.165, 1.54) is 0 Å². The summed E-state index contributed by atoms with van der Waals surface area (Å²) >= 11 is 6.87. The minimum atomic E-state index is -0.0994. The van der Waals surface area contributed by atoms with Crippen LogP contribution in [0.4, 0.5) is 0 Å². The Kier molecular flexibility index (Phi) is 6.31. The molecule has 0 aromatic rings. The molecule has 9 heavy (non-hydrogen) atoms. The van der Waals surface area contributed by atoms with Gasteiger partial charge in [-0.15, -0.1) is 23.4 Å². The predicted octanol–water partition coefficient (Wildman–Crippen LogP) is 1.05. The van der Waals surface area contributed by atoms with Crippen LogP contribution in [0, 0.1) is 0 Å². The maximum Gasteiger partial charge on any atom is 0.235 e. The molecule has 4 heteroatoms. The summed E-state index contributed by atoms with van der Waals surface area (Å²) in [5, 5.41) is 2.63. The Morgan fingerprint density at radius 2 is 2.44 bits per heavy atom. The van der Waals surface area contributed by atoms with Gasteiger partial charge in [-0.1, -0.05) is 6.92 Å². The lowest BCUT2D eigenvalue weighted by molar-refractivity contribution is -0.118. The van der Waals surface area contributed by atoms with Gasteiger partial charge in [-0.05, 0) is 5.75 Å². The summed E-state index contributed by atoms with van der Waals surface area (Å²) in [6.45, 7) is 2.04. The minimum Gasteiger partial charge on any atom is -0.346 e. The Hall–Kier alpha value is 0.110. The Balaban J connectivity index is 2.97. The summed E-state index contributed by atoms with van der Waals surface area (Å²) in [5.74, 6) is 1.65. The smallest absolute Gasteiger partial charge is 0.235 e. The van der Waals surface area contributed by atoms with Gasteiger partial charge in [0.1, 0.15) is 5.88 Å². The molecule has 0 aliphatic rings. The third-order valence-corrected chi connectivity index (χ3v) is 1.70. The number of hydrogen-bond donors (Lipinski definition) is 1. The zero-order valence-electron chi connectivity index (χ0n) is 5.32. The number of halogens is 1. The molecule has 0 aliphatic heterocycles. The molecular weight excluding hydrogens is 158 g/mol. The molecule has 0 unspecified atom stereocenters. The molecule has 0 aromatic carbocycles. The quantitative estimate of drug-likeness (QED) is 0.385. The van der Waals surface area contributed by atoms with E-state index < -0.39 is 0 Å². The first-order valence-corrected chi connectivity index (χ1v) is 4.40. The number of rotatable bonds is 4. The molecule has 1 amide bonds. The van der Waals surface area contributed by atoms with E-state index in [0.717, 1.165) is 5.75 Å². The van der Waals surface area contributed by atoms with Crippen molar-refractivity contribution in [2.75, 3.05) is 17.5 Å². The molecule has 0 rings (SSSR count). The third kappa shape index (κ3) is 5.99. The second-order valence-corrected chi connectivity index (χ2v) is 2.91. The molecule has 0 radical (unpaired) electrons. The summed E-state index contributed by atoms with van der Waals surface area (Å²) in [7, 11) is 0. The summed E-state index contributed by atoms with van der Waals surface area (Å²) < 4.78 is 0. The maximum atomic E-state index is 10.4. The van der Waals surface area contributed by atoms with Gasteiger partial charge in [0.15, 0.2) is 0 Å². The molecule has 0 fully saturated rings. The lowest BCUT2D eigenvalue weighted by atomic mass is 10.7. The van der Waals surface area contributed by atoms with E-state index in [2.05, 4.69) is 5.32 Å². The monoisotopic (exact) mass is 167 g/mol. The van der Waals surface area contributed by atoms with E-state index in [4.69, 9.17) is 11.6 Å². The Morgan fingerprint density at radius 1 is 1.78 bits per heavy atom. The number of carbonyl (C=O) groups is 1. The standard InChI is InChI=1S/C5H10ClNOS/c1-2-9-4-7-5(8)3-6/h2-4H2,1H3,(H,7,8). The van der Waals surface area contributed by atoms with Crippen LogP contribution < -0.4 is 5.32 Å². The van der Waals surface area contributed by atoms with E-state index in [-0.39, 0.29) is 11.8 Å². The van der Waals surface area contributed by atoms with Gasteiger partial charge in [0.05, 0.1) is 5.88 Å². The van der Waals surface area contributed by atoms with Crippen LogP contribution in [0.5, 0.6) is 0 Å². The second kappa shape index (κ2) is 6.23. The summed E-state index contributed by atoms with van der Waals surface area (Å²) in [6, 6.07) is 0. The topological polar surface area (TPSA) is 29.1 Å². The Bertz CT molecular complexity index is 89.0. The van der Waals surface area contributed by atoms with E-state index in [1.807, 2.05) is 6.92 Å². The molecule has 2 nitrogen and oxygen atoms in total. The van der Waals surface area contributed by atoms with Gasteiger partial charge < -0.3 is 5.32 Å². The summed E-state index contributed by atoms with van der Waals surface area (Å²) in [6.07, 6.45) is 0. The van der Waals surface area contributed by atoms with Crippen LogP contribution in [0.3, 0.4) is 0 Å². The lowest BCUT2D eigenvalue weighted by Gasteiger charge is -1.98. The molecule has 0 bridgehead atoms. The fourth-order valence-corrected chi connectivity index (χ4v) is 0.842. The molecular formula is C5H10ClNOS. The first-order chi connectivity index (χ1) is 4.31. The highest BCUT2D eigenvalue weighted by Gasteiger charge is 1.93. The number of alkyl halides is 1. The number of hydrogen-bond acceptors (Lipinski definition) is 2. The predicted molar refractivity (Wildman–Crippen MR) is 41.9 cm³/mol. The molecule has 0 saturated carbocycles. The van der Waals surface area contributed by atoms with E-state index in [0.29, 0.717) is 5.88 Å². The second-order valence-electron chi connectivity index (χ2n) is 1.37. The highest BCUT2D eigenvalue weighted by molar-refractivity contribution is 7.99. The van der Waals surface area contributed by atoms with Crippen LogP contribution in [0.25, 0.3) is 0 Å². The van der Waals surface area contributed by atoms with Crippen molar-refractivity contribution in [1.29, 1.82) is 0 Å². The van der Waals surface area contributed by atoms with Gasteiger partial charge in [-0.2, -0.15) is 0 Å². The van der Waals surface area contributed by atoms with Crippen LogP contribution in [-0.2, 0) is 4.79 Å². The Morgan fingerprint density at radius 3 is 2.89 bits per heavy atom. The van der Waals surface area contributed by atoms with Gasteiger partial charge in [0.25, 0.3) is 0 Å². The fraction of sp³-hybridized carbons (Fsp3) is 0.800. The van der Waals surface area contributed by atoms with Crippen molar-refractivity contribution in [1.82, 2.24) is 5.32 Å². The van der Waals surface area contributed by atoms with Crippen LogP contribution in [0.2, 0.25) is 0 Å². The van der Waals surface area contributed by atoms with Crippen molar-refractivity contribution in [3.05, 3.63) is 0 Å². The third-order valence-electron chi connectivity index (χ3n) is 0.697. The van der Waals surface area contributed by atoms with Crippen LogP contribution in [0.1, 0.15) is 6.92 Å². The average Bonchev–Trinajstić information content (AvgIpc) is 1.89. The molecule has 1 N–H and O–H groups in total. The van der Waals surface area contributed by atoms with Gasteiger partial charge >= 0.3 is 0 Å². The van der Waals surface area contributed by atoms with Crippen LogP contribution >= 0.6 is 23.4 Å². The molecule has 0 atom stereocenters. The summed E-state index contributed by atoms with van der Waals surface area (Å²) in [5.41, 5.74) is 0. The first-order valence-electron chi connectivity index (χ1n) is 2.71. The van der Waals surface area contributed by atoms with Crippen molar-refractivity contribution in [2.24, 2.45) is 0 Å². The van der Waals surface area contributed by atoms with Gasteiger partial charge in [-0.25, -0.2) is 0 Å². The van der Waals surface area contributed by atoms with Crippen molar-refractivity contribution in [3.63, 3.8) is 0 Å². The Labute approximate surface area is 64.3 Å². The number of carbonyl (C=O) groups excluding carboxylic acids is 1. The van der Waals surface area contributed by atoms with Crippen LogP contribution in [-0.4, -0.2) is 23.4 Å². The lowest BCUT2D eigenvalue weighted by Crippen LogP contribution is -2.23. The van der Waals surface area contributed by atoms with Crippen LogP contribution in [0.15, 0.2) is 0 Å². The van der Waals surface area contributed by atoms with Gasteiger partial charge in [0, 0.05) is 0 Å². The van der Waals surface area contributed by atoms with Crippen molar-refractivity contribution in [3.8, 4) is 0 Å². The molecule has 0 aromatic heterocycles. The van der Waals surface area contributed by atoms with E-state index in [1.54, 1.807) is 11.8 Å². The highest BCUT2D eigenvalue weighted by Crippen LogP contribution is 1.93. The fourth-order valence-electron chi connectivity index (χ4n) is 0.281. The normalized spacial score (nSPS) is 9.11. The minimum absolute atomic E-state index is 0.0598. The van der Waals surface area contributed by atoms with Crippen molar-refractivity contribution in [2.45, 2.75) is 6.92 Å². The molecule has 0 saturated heterocycles. The zero-order chi connectivity index (χ0) is 7.11. The highest BCUT2D eigenvalue weighted by atomic mass is 35.5. The molecule has 0 spiro atoms. The molecule has 0 aliphatic carbocycles. The number of nitrogens with one attached hydrogen (secondary N) is 1. The van der Waals surface area contributed by atoms with Gasteiger partial charge in [0.2, 0.25) is 5.91 Å². The SMILES string of the molecule is CCSCNC(=O)CCl. The van der Waals surface area contributed by atoms with Gasteiger partial charge in [-0.3, -0.25) is 4.79 Å². The van der Waals surface area contributed by atoms with E-state index >= 15 is 0 Å². The van der Waals surface area contributed by atoms with Crippen molar-refractivity contribution >= 4 is 29.3 Å². The van der Waals surface area contributed by atoms with Crippen molar-refractivity contribution < 1.29 is 4.79 Å². The summed E-state index contributed by atoms with van der Waals surface area (Å²) in [4.78, 5) is 10.4. The molecule has 54 valence electrons. The first kappa shape index (κ1) is 9.11. The number of amides is 1. The zero-order valence-corrected chi connectivity index (χ0v) is 6.89.